The monoisotopic (exact) mass is 188 g/mol. The summed E-state index contributed by atoms with van der Waals surface area (Å²) in [5.41, 5.74) is 0.789. The van der Waals surface area contributed by atoms with Crippen LogP contribution in [0.15, 0.2) is 24.3 Å². The second-order valence-electron chi connectivity index (χ2n) is 3.66. The number of ether oxygens (including phenoxy) is 1. The molecule has 14 heavy (non-hydrogen) atoms. The third kappa shape index (κ3) is 1.31. The highest BCUT2D eigenvalue weighted by Gasteiger charge is 2.31. The molecule has 1 aromatic carbocycles. The Morgan fingerprint density at radius 2 is 2.21 bits per heavy atom. The highest BCUT2D eigenvalue weighted by Crippen LogP contribution is 2.37. The SMILES string of the molecule is CC1(C#CO)CCOc2ccccc21. The van der Waals surface area contributed by atoms with E-state index in [1.165, 1.54) is 0 Å². The van der Waals surface area contributed by atoms with Crippen molar-refractivity contribution < 1.29 is 9.84 Å². The average Bonchev–Trinajstić information content (AvgIpc) is 2.19. The molecule has 0 aliphatic carbocycles. The average molecular weight is 188 g/mol. The summed E-state index contributed by atoms with van der Waals surface area (Å²) in [6, 6.07) is 7.84. The molecule has 1 atom stereocenters. The molecule has 1 aromatic rings. The van der Waals surface area contributed by atoms with Crippen molar-refractivity contribution in [1.82, 2.24) is 0 Å². The number of para-hydroxylation sites is 1. The molecule has 0 spiro atoms. The summed E-state index contributed by atoms with van der Waals surface area (Å²) in [4.78, 5) is 0. The number of hydrogen-bond acceptors (Lipinski definition) is 2. The molecule has 2 heteroatoms. The lowest BCUT2D eigenvalue weighted by molar-refractivity contribution is 0.250. The molecule has 0 aromatic heterocycles. The van der Waals surface area contributed by atoms with E-state index in [0.717, 1.165) is 17.7 Å². The molecule has 1 N–H and O–H groups in total. The van der Waals surface area contributed by atoms with Gasteiger partial charge >= 0.3 is 0 Å². The molecule has 1 heterocycles. The summed E-state index contributed by atoms with van der Waals surface area (Å²) in [5, 5.41) is 8.71. The van der Waals surface area contributed by atoms with E-state index in [9.17, 15) is 0 Å². The topological polar surface area (TPSA) is 29.5 Å². The number of hydrogen-bond donors (Lipinski definition) is 1. The van der Waals surface area contributed by atoms with Gasteiger partial charge in [0.15, 0.2) is 0 Å². The fourth-order valence-corrected chi connectivity index (χ4v) is 1.80. The maximum atomic E-state index is 8.71. The normalized spacial score (nSPS) is 24.1. The van der Waals surface area contributed by atoms with Gasteiger partial charge < -0.3 is 9.84 Å². The van der Waals surface area contributed by atoms with Gasteiger partial charge in [-0.05, 0) is 18.9 Å². The van der Waals surface area contributed by atoms with Gasteiger partial charge in [0.25, 0.3) is 0 Å². The summed E-state index contributed by atoms with van der Waals surface area (Å²) in [6.07, 6.45) is 2.83. The van der Waals surface area contributed by atoms with Crippen molar-refractivity contribution in [3.05, 3.63) is 29.8 Å². The maximum absolute atomic E-state index is 8.71. The standard InChI is InChI=1S/C12H12O2/c1-12(6-8-13)7-9-14-11-5-3-2-4-10(11)12/h2-5,13H,7,9H2,1H3. The fraction of sp³-hybridized carbons (Fsp3) is 0.333. The van der Waals surface area contributed by atoms with E-state index in [0.29, 0.717) is 6.61 Å². The quantitative estimate of drug-likeness (QED) is 0.631. The highest BCUT2D eigenvalue weighted by molar-refractivity contribution is 5.45. The molecule has 2 nitrogen and oxygen atoms in total. The number of aliphatic hydroxyl groups is 1. The van der Waals surface area contributed by atoms with Crippen LogP contribution in [0.1, 0.15) is 18.9 Å². The smallest absolute Gasteiger partial charge is 0.124 e. The van der Waals surface area contributed by atoms with Gasteiger partial charge in [0.2, 0.25) is 0 Å². The van der Waals surface area contributed by atoms with Gasteiger partial charge in [0.05, 0.1) is 12.0 Å². The molecule has 2 rings (SSSR count). The summed E-state index contributed by atoms with van der Waals surface area (Å²) in [5.74, 6) is 3.72. The Morgan fingerprint density at radius 3 is 3.00 bits per heavy atom. The van der Waals surface area contributed by atoms with Crippen molar-refractivity contribution >= 4 is 0 Å². The van der Waals surface area contributed by atoms with Crippen LogP contribution >= 0.6 is 0 Å². The Morgan fingerprint density at radius 1 is 1.43 bits per heavy atom. The van der Waals surface area contributed by atoms with Crippen LogP contribution in [-0.4, -0.2) is 11.7 Å². The molecular formula is C12H12O2. The first kappa shape index (κ1) is 8.96. The van der Waals surface area contributed by atoms with Gasteiger partial charge in [-0.25, -0.2) is 0 Å². The van der Waals surface area contributed by atoms with Crippen molar-refractivity contribution in [3.63, 3.8) is 0 Å². The Balaban J connectivity index is 2.53. The van der Waals surface area contributed by atoms with Crippen LogP contribution in [0.25, 0.3) is 0 Å². The first-order valence-corrected chi connectivity index (χ1v) is 4.65. The third-order valence-corrected chi connectivity index (χ3v) is 2.67. The number of benzene rings is 1. The lowest BCUT2D eigenvalue weighted by atomic mass is 9.79. The second-order valence-corrected chi connectivity index (χ2v) is 3.66. The van der Waals surface area contributed by atoms with E-state index < -0.39 is 0 Å². The fourth-order valence-electron chi connectivity index (χ4n) is 1.80. The molecule has 1 unspecified atom stereocenters. The Labute approximate surface area is 83.5 Å². The van der Waals surface area contributed by atoms with Crippen LogP contribution in [-0.2, 0) is 5.41 Å². The van der Waals surface area contributed by atoms with Crippen molar-refractivity contribution in [3.8, 4) is 17.8 Å². The van der Waals surface area contributed by atoms with Crippen LogP contribution in [0.3, 0.4) is 0 Å². The van der Waals surface area contributed by atoms with E-state index in [-0.39, 0.29) is 5.41 Å². The minimum absolute atomic E-state index is 0.274. The molecular weight excluding hydrogens is 176 g/mol. The first-order chi connectivity index (χ1) is 6.76. The molecule has 0 saturated heterocycles. The van der Waals surface area contributed by atoms with Crippen molar-refractivity contribution in [1.29, 1.82) is 0 Å². The molecule has 0 saturated carbocycles. The Hall–Kier alpha value is -1.62. The first-order valence-electron chi connectivity index (χ1n) is 4.65. The van der Waals surface area contributed by atoms with Crippen molar-refractivity contribution in [2.24, 2.45) is 0 Å². The molecule has 0 bridgehead atoms. The Kier molecular flexibility index (Phi) is 2.09. The van der Waals surface area contributed by atoms with Crippen LogP contribution in [0.4, 0.5) is 0 Å². The van der Waals surface area contributed by atoms with Gasteiger partial charge in [-0.3, -0.25) is 0 Å². The zero-order valence-electron chi connectivity index (χ0n) is 8.08. The van der Waals surface area contributed by atoms with Crippen LogP contribution in [0.2, 0.25) is 0 Å². The van der Waals surface area contributed by atoms with Crippen LogP contribution in [0, 0.1) is 12.0 Å². The summed E-state index contributed by atoms with van der Waals surface area (Å²) in [6.45, 7) is 2.68. The molecule has 0 amide bonds. The lowest BCUT2D eigenvalue weighted by Gasteiger charge is -2.30. The molecule has 0 fully saturated rings. The van der Waals surface area contributed by atoms with Gasteiger partial charge in [-0.2, -0.15) is 0 Å². The van der Waals surface area contributed by atoms with Crippen LogP contribution < -0.4 is 4.74 Å². The largest absolute Gasteiger partial charge is 0.493 e. The molecule has 72 valence electrons. The number of rotatable bonds is 0. The zero-order chi connectivity index (χ0) is 10.0. The van der Waals surface area contributed by atoms with E-state index >= 15 is 0 Å². The maximum Gasteiger partial charge on any atom is 0.124 e. The minimum Gasteiger partial charge on any atom is -0.493 e. The van der Waals surface area contributed by atoms with Crippen molar-refractivity contribution in [2.75, 3.05) is 6.61 Å². The molecule has 1 aliphatic heterocycles. The van der Waals surface area contributed by atoms with E-state index in [1.54, 1.807) is 0 Å². The van der Waals surface area contributed by atoms with Gasteiger partial charge in [0.1, 0.15) is 11.9 Å². The lowest BCUT2D eigenvalue weighted by Crippen LogP contribution is -2.28. The predicted molar refractivity (Wildman–Crippen MR) is 53.6 cm³/mol. The number of aliphatic hydroxyl groups excluding tert-OH is 1. The van der Waals surface area contributed by atoms with Gasteiger partial charge in [-0.15, -0.1) is 0 Å². The van der Waals surface area contributed by atoms with Gasteiger partial charge in [-0.1, -0.05) is 18.2 Å². The molecule has 1 aliphatic rings. The summed E-state index contributed by atoms with van der Waals surface area (Å²) >= 11 is 0. The van der Waals surface area contributed by atoms with E-state index in [1.807, 2.05) is 37.3 Å². The van der Waals surface area contributed by atoms with Crippen molar-refractivity contribution in [2.45, 2.75) is 18.8 Å². The highest BCUT2D eigenvalue weighted by atomic mass is 16.5. The minimum atomic E-state index is -0.274. The predicted octanol–water partition coefficient (Wildman–Crippen LogP) is 2.06. The second kappa shape index (κ2) is 3.26. The Bertz CT molecular complexity index is 400. The molecule has 0 radical (unpaired) electrons. The van der Waals surface area contributed by atoms with Gasteiger partial charge in [0, 0.05) is 12.0 Å². The zero-order valence-corrected chi connectivity index (χ0v) is 8.08. The van der Waals surface area contributed by atoms with E-state index in [2.05, 4.69) is 5.92 Å². The third-order valence-electron chi connectivity index (χ3n) is 2.67. The van der Waals surface area contributed by atoms with Crippen LogP contribution in [0.5, 0.6) is 5.75 Å². The van der Waals surface area contributed by atoms with E-state index in [4.69, 9.17) is 9.84 Å². The summed E-state index contributed by atoms with van der Waals surface area (Å²) in [7, 11) is 0. The summed E-state index contributed by atoms with van der Waals surface area (Å²) < 4.78 is 5.52. The number of fused-ring (bicyclic) bond motifs is 1.